The van der Waals surface area contributed by atoms with Crippen molar-refractivity contribution in [3.8, 4) is 0 Å². The molecule has 1 amide bonds. The first-order valence-corrected chi connectivity index (χ1v) is 8.44. The van der Waals surface area contributed by atoms with Crippen LogP contribution in [0.15, 0.2) is 73.3 Å². The van der Waals surface area contributed by atoms with E-state index in [4.69, 9.17) is 0 Å². The van der Waals surface area contributed by atoms with Crippen molar-refractivity contribution in [2.45, 2.75) is 12.5 Å². The summed E-state index contributed by atoms with van der Waals surface area (Å²) in [6.07, 6.45) is 4.79. The van der Waals surface area contributed by atoms with Crippen molar-refractivity contribution in [1.82, 2.24) is 14.9 Å². The number of anilines is 2. The lowest BCUT2D eigenvalue weighted by Crippen LogP contribution is -2.48. The minimum absolute atomic E-state index is 0.00986. The molecule has 0 saturated heterocycles. The van der Waals surface area contributed by atoms with Gasteiger partial charge < -0.3 is 10.2 Å². The summed E-state index contributed by atoms with van der Waals surface area (Å²) in [4.78, 5) is 31.1. The van der Waals surface area contributed by atoms with Crippen molar-refractivity contribution in [1.29, 1.82) is 0 Å². The van der Waals surface area contributed by atoms with Crippen LogP contribution in [-0.2, 0) is 11.2 Å². The second-order valence-electron chi connectivity index (χ2n) is 6.19. The number of rotatable bonds is 2. The Kier molecular flexibility index (Phi) is 4.23. The molecule has 0 unspecified atom stereocenters. The third-order valence-corrected chi connectivity index (χ3v) is 4.51. The maximum Gasteiger partial charge on any atom is 0.327 e. The number of amides is 1. The predicted octanol–water partition coefficient (Wildman–Crippen LogP) is 2.77. The van der Waals surface area contributed by atoms with Gasteiger partial charge in [-0.05, 0) is 23.8 Å². The van der Waals surface area contributed by atoms with Gasteiger partial charge in [0.15, 0.2) is 5.78 Å². The van der Waals surface area contributed by atoms with Crippen LogP contribution in [0.25, 0.3) is 0 Å². The zero-order valence-electron chi connectivity index (χ0n) is 14.1. The smallest absolute Gasteiger partial charge is 0.327 e. The van der Waals surface area contributed by atoms with Gasteiger partial charge in [0.1, 0.15) is 12.4 Å². The van der Waals surface area contributed by atoms with Crippen molar-refractivity contribution >= 4 is 23.2 Å². The normalized spacial score (nSPS) is 16.7. The number of hydrogen-bond donors (Lipinski definition) is 1. The monoisotopic (exact) mass is 346 g/mol. The highest BCUT2D eigenvalue weighted by Crippen LogP contribution is 2.31. The van der Waals surface area contributed by atoms with Gasteiger partial charge in [0.2, 0.25) is 0 Å². The van der Waals surface area contributed by atoms with E-state index in [0.29, 0.717) is 6.54 Å². The fraction of sp³-hybridized carbons (Fsp3) is 0.150. The number of carbonyl (C=O) groups excluding carboxylic acids is 2. The Labute approximate surface area is 151 Å². The number of hydrogen-bond acceptors (Lipinski definition) is 4. The molecule has 0 bridgehead atoms. The topological polar surface area (TPSA) is 67.2 Å². The Morgan fingerprint density at radius 1 is 1.08 bits per heavy atom. The second-order valence-corrected chi connectivity index (χ2v) is 6.19. The van der Waals surface area contributed by atoms with Crippen LogP contribution >= 0.6 is 0 Å². The molecule has 3 aromatic rings. The molecule has 1 atom stereocenters. The van der Waals surface area contributed by atoms with Gasteiger partial charge in [0.05, 0.1) is 6.54 Å². The van der Waals surface area contributed by atoms with Crippen molar-refractivity contribution in [2.75, 3.05) is 11.4 Å². The molecular formula is C20H18N4O2. The first-order valence-electron chi connectivity index (χ1n) is 8.44. The molecule has 2 heterocycles. The molecule has 0 saturated carbocycles. The Hall–Kier alpha value is -3.41. The van der Waals surface area contributed by atoms with E-state index in [-0.39, 0.29) is 18.2 Å². The molecule has 2 aromatic carbocycles. The van der Waals surface area contributed by atoms with Crippen LogP contribution in [-0.4, -0.2) is 34.0 Å². The van der Waals surface area contributed by atoms with E-state index < -0.39 is 6.04 Å². The van der Waals surface area contributed by atoms with Crippen LogP contribution in [0.5, 0.6) is 0 Å². The summed E-state index contributed by atoms with van der Waals surface area (Å²) in [5.41, 5.74) is 2.93. The highest BCUT2D eigenvalue weighted by atomic mass is 16.2. The number of carbonyl (C=O) groups is 2. The maximum absolute atomic E-state index is 12.8. The number of aromatic nitrogens is 2. The fourth-order valence-electron chi connectivity index (χ4n) is 3.20. The molecule has 1 aliphatic heterocycles. The lowest BCUT2D eigenvalue weighted by molar-refractivity contribution is -0.119. The standard InChI is InChI=1S/C20H18N4O2/c25-19-12-15-6-4-5-9-18(15)24(16-7-2-1-3-8-16)13-17(19)22-20(26)23-11-10-21-14-23/h1-11,14,17H,12-13H2,(H,22,26)/t17-/m0/s1. The number of para-hydroxylation sites is 2. The summed E-state index contributed by atoms with van der Waals surface area (Å²) >= 11 is 0. The third kappa shape index (κ3) is 3.09. The van der Waals surface area contributed by atoms with E-state index in [1.807, 2.05) is 54.6 Å². The number of ketones is 1. The Bertz CT molecular complexity index is 922. The zero-order valence-corrected chi connectivity index (χ0v) is 14.1. The molecule has 1 aliphatic rings. The van der Waals surface area contributed by atoms with Crippen molar-refractivity contribution in [2.24, 2.45) is 0 Å². The molecule has 130 valence electrons. The highest BCUT2D eigenvalue weighted by Gasteiger charge is 2.30. The van der Waals surface area contributed by atoms with E-state index in [2.05, 4.69) is 15.2 Å². The number of nitrogens with zero attached hydrogens (tertiary/aromatic N) is 3. The number of Topliss-reactive ketones (excluding diaryl/α,β-unsaturated/α-hetero) is 1. The van der Waals surface area contributed by atoms with E-state index in [9.17, 15) is 9.59 Å². The first-order chi connectivity index (χ1) is 12.7. The minimum Gasteiger partial charge on any atom is -0.339 e. The lowest BCUT2D eigenvalue weighted by atomic mass is 10.0. The quantitative estimate of drug-likeness (QED) is 0.775. The largest absolute Gasteiger partial charge is 0.339 e. The fourth-order valence-corrected chi connectivity index (χ4v) is 3.20. The summed E-state index contributed by atoms with van der Waals surface area (Å²) in [6, 6.07) is 16.8. The number of fused-ring (bicyclic) bond motifs is 1. The SMILES string of the molecule is O=C1Cc2ccccc2N(c2ccccc2)C[C@@H]1NC(=O)n1ccnc1. The van der Waals surface area contributed by atoms with Gasteiger partial charge >= 0.3 is 6.03 Å². The predicted molar refractivity (Wildman–Crippen MR) is 98.5 cm³/mol. The molecule has 4 rings (SSSR count). The Balaban J connectivity index is 1.68. The van der Waals surface area contributed by atoms with Crippen molar-refractivity contribution < 1.29 is 9.59 Å². The van der Waals surface area contributed by atoms with Gasteiger partial charge in [0, 0.05) is 30.2 Å². The molecule has 0 aliphatic carbocycles. The zero-order chi connectivity index (χ0) is 17.9. The molecular weight excluding hydrogens is 328 g/mol. The van der Waals surface area contributed by atoms with E-state index in [1.165, 1.54) is 17.1 Å². The molecule has 1 aromatic heterocycles. The summed E-state index contributed by atoms with van der Waals surface area (Å²) in [5, 5.41) is 2.84. The Morgan fingerprint density at radius 3 is 2.62 bits per heavy atom. The van der Waals surface area contributed by atoms with Crippen LogP contribution in [0, 0.1) is 0 Å². The van der Waals surface area contributed by atoms with E-state index in [1.54, 1.807) is 6.20 Å². The average molecular weight is 346 g/mol. The molecule has 26 heavy (non-hydrogen) atoms. The van der Waals surface area contributed by atoms with E-state index in [0.717, 1.165) is 16.9 Å². The molecule has 0 spiro atoms. The Morgan fingerprint density at radius 2 is 1.85 bits per heavy atom. The van der Waals surface area contributed by atoms with E-state index >= 15 is 0 Å². The van der Waals surface area contributed by atoms with Gasteiger partial charge in [-0.25, -0.2) is 9.78 Å². The van der Waals surface area contributed by atoms with Crippen LogP contribution in [0.2, 0.25) is 0 Å². The lowest BCUT2D eigenvalue weighted by Gasteiger charge is -2.27. The number of nitrogens with one attached hydrogen (secondary N) is 1. The molecule has 0 fully saturated rings. The summed E-state index contributed by atoms with van der Waals surface area (Å²) in [7, 11) is 0. The van der Waals surface area contributed by atoms with Crippen LogP contribution in [0.1, 0.15) is 5.56 Å². The highest BCUT2D eigenvalue weighted by molar-refractivity contribution is 5.94. The molecule has 6 nitrogen and oxygen atoms in total. The molecule has 0 radical (unpaired) electrons. The van der Waals surface area contributed by atoms with Crippen molar-refractivity contribution in [3.05, 3.63) is 78.9 Å². The minimum atomic E-state index is -0.613. The van der Waals surface area contributed by atoms with Gasteiger partial charge in [-0.1, -0.05) is 36.4 Å². The van der Waals surface area contributed by atoms with Gasteiger partial charge in [-0.2, -0.15) is 0 Å². The number of imidazole rings is 1. The maximum atomic E-state index is 12.8. The van der Waals surface area contributed by atoms with Crippen LogP contribution in [0.4, 0.5) is 16.2 Å². The second kappa shape index (κ2) is 6.84. The van der Waals surface area contributed by atoms with Crippen LogP contribution < -0.4 is 10.2 Å². The first kappa shape index (κ1) is 16.1. The van der Waals surface area contributed by atoms with Crippen molar-refractivity contribution in [3.63, 3.8) is 0 Å². The van der Waals surface area contributed by atoms with Crippen LogP contribution in [0.3, 0.4) is 0 Å². The van der Waals surface area contributed by atoms with Gasteiger partial charge in [0.25, 0.3) is 0 Å². The summed E-state index contributed by atoms with van der Waals surface area (Å²) < 4.78 is 1.33. The average Bonchev–Trinajstić information content (AvgIpc) is 3.17. The summed E-state index contributed by atoms with van der Waals surface area (Å²) in [6.45, 7) is 0.375. The van der Waals surface area contributed by atoms with Gasteiger partial charge in [-0.15, -0.1) is 0 Å². The number of benzene rings is 2. The van der Waals surface area contributed by atoms with Gasteiger partial charge in [-0.3, -0.25) is 9.36 Å². The summed E-state index contributed by atoms with van der Waals surface area (Å²) in [5.74, 6) is -0.00986. The molecule has 1 N–H and O–H groups in total. The third-order valence-electron chi connectivity index (χ3n) is 4.51. The molecule has 6 heteroatoms.